The molecule has 8 heteroatoms. The van der Waals surface area contributed by atoms with Gasteiger partial charge in [-0.1, -0.05) is 47.6 Å². The van der Waals surface area contributed by atoms with Crippen LogP contribution in [0, 0.1) is 13.8 Å². The number of aromatic nitrogens is 6. The second kappa shape index (κ2) is 8.16. The zero-order valence-electron chi connectivity index (χ0n) is 15.6. The molecule has 4 rings (SSSR count). The van der Waals surface area contributed by atoms with Crippen molar-refractivity contribution in [2.24, 2.45) is 0 Å². The first-order valence-corrected chi connectivity index (χ1v) is 10.2. The van der Waals surface area contributed by atoms with Crippen LogP contribution in [0.25, 0.3) is 17.1 Å². The molecule has 2 aromatic heterocycles. The van der Waals surface area contributed by atoms with Gasteiger partial charge in [0.2, 0.25) is 0 Å². The summed E-state index contributed by atoms with van der Waals surface area (Å²) < 4.78 is 3.90. The van der Waals surface area contributed by atoms with Crippen LogP contribution in [0.2, 0.25) is 5.02 Å². The van der Waals surface area contributed by atoms with Crippen molar-refractivity contribution in [3.05, 3.63) is 71.3 Å². The van der Waals surface area contributed by atoms with Gasteiger partial charge in [0, 0.05) is 11.3 Å². The van der Waals surface area contributed by atoms with Crippen LogP contribution >= 0.6 is 23.4 Å². The molecule has 2 aromatic carbocycles. The summed E-state index contributed by atoms with van der Waals surface area (Å²) in [5, 5.41) is 14.6. The number of hydrogen-bond acceptors (Lipinski definition) is 5. The Hall–Kier alpha value is -2.64. The van der Waals surface area contributed by atoms with Crippen LogP contribution in [0.15, 0.2) is 60.3 Å². The highest BCUT2D eigenvalue weighted by Crippen LogP contribution is 2.33. The van der Waals surface area contributed by atoms with Crippen molar-refractivity contribution in [3.8, 4) is 17.1 Å². The lowest BCUT2D eigenvalue weighted by Crippen LogP contribution is -2.05. The predicted molar refractivity (Wildman–Crippen MR) is 112 cm³/mol. The molecule has 0 aliphatic heterocycles. The predicted octanol–water partition coefficient (Wildman–Crippen LogP) is 4.59. The maximum Gasteiger partial charge on any atom is 0.196 e. The van der Waals surface area contributed by atoms with Crippen LogP contribution < -0.4 is 0 Å². The number of benzene rings is 2. The fourth-order valence-corrected chi connectivity index (χ4v) is 4.03. The Morgan fingerprint density at radius 2 is 1.93 bits per heavy atom. The summed E-state index contributed by atoms with van der Waals surface area (Å²) in [6.07, 6.45) is 3.25. The maximum atomic E-state index is 6.46. The zero-order chi connectivity index (χ0) is 19.5. The summed E-state index contributed by atoms with van der Waals surface area (Å²) in [6, 6.07) is 14.1. The fraction of sp³-hybridized carbons (Fsp3) is 0.200. The number of nitrogens with zero attached hydrogens (tertiary/aromatic N) is 6. The molecule has 4 aromatic rings. The number of halogens is 1. The van der Waals surface area contributed by atoms with Gasteiger partial charge in [0.05, 0.1) is 17.3 Å². The molecule has 0 aliphatic carbocycles. The summed E-state index contributed by atoms with van der Waals surface area (Å²) >= 11 is 8.10. The monoisotopic (exact) mass is 410 g/mol. The summed E-state index contributed by atoms with van der Waals surface area (Å²) in [5.41, 5.74) is 4.25. The third-order valence-electron chi connectivity index (χ3n) is 4.37. The van der Waals surface area contributed by atoms with Crippen molar-refractivity contribution >= 4 is 23.4 Å². The molecule has 28 heavy (non-hydrogen) atoms. The van der Waals surface area contributed by atoms with E-state index in [0.29, 0.717) is 5.02 Å². The topological polar surface area (TPSA) is 61.4 Å². The molecule has 6 nitrogen and oxygen atoms in total. The highest BCUT2D eigenvalue weighted by Gasteiger charge is 2.19. The van der Waals surface area contributed by atoms with Gasteiger partial charge in [-0.25, -0.2) is 4.98 Å². The standard InChI is InChI=1S/C20H19ClN6S/c1-14-7-8-15(2)18(11-14)27-19(16-5-3-4-6-17(16)21)24-25-20(27)28-10-9-26-13-22-12-23-26/h3-8,11-13H,9-10H2,1-2H3. The Balaban J connectivity index is 1.76. The van der Waals surface area contributed by atoms with E-state index < -0.39 is 0 Å². The first-order valence-electron chi connectivity index (χ1n) is 8.86. The van der Waals surface area contributed by atoms with Crippen LogP contribution in [0.5, 0.6) is 0 Å². The molecule has 0 amide bonds. The molecule has 0 aliphatic rings. The molecular formula is C20H19ClN6S. The van der Waals surface area contributed by atoms with E-state index in [1.165, 1.54) is 5.56 Å². The molecule has 0 unspecified atom stereocenters. The van der Waals surface area contributed by atoms with E-state index in [0.717, 1.165) is 40.1 Å². The lowest BCUT2D eigenvalue weighted by molar-refractivity contribution is 0.663. The van der Waals surface area contributed by atoms with Crippen LogP contribution in [0.4, 0.5) is 0 Å². The van der Waals surface area contributed by atoms with Crippen molar-refractivity contribution in [3.63, 3.8) is 0 Å². The minimum Gasteiger partial charge on any atom is -0.270 e. The van der Waals surface area contributed by atoms with E-state index in [-0.39, 0.29) is 0 Å². The Kier molecular flexibility index (Phi) is 5.45. The highest BCUT2D eigenvalue weighted by atomic mass is 35.5. The van der Waals surface area contributed by atoms with Gasteiger partial charge in [0.15, 0.2) is 11.0 Å². The summed E-state index contributed by atoms with van der Waals surface area (Å²) in [6.45, 7) is 4.92. The molecule has 2 heterocycles. The highest BCUT2D eigenvalue weighted by molar-refractivity contribution is 7.99. The summed E-state index contributed by atoms with van der Waals surface area (Å²) in [4.78, 5) is 3.98. The van der Waals surface area contributed by atoms with Gasteiger partial charge in [-0.3, -0.25) is 9.25 Å². The second-order valence-corrected chi connectivity index (χ2v) is 7.89. The van der Waals surface area contributed by atoms with Gasteiger partial charge in [0.25, 0.3) is 0 Å². The van der Waals surface area contributed by atoms with E-state index in [9.17, 15) is 0 Å². The van der Waals surface area contributed by atoms with Crippen molar-refractivity contribution < 1.29 is 0 Å². The van der Waals surface area contributed by atoms with E-state index in [2.05, 4.69) is 56.9 Å². The first kappa shape index (κ1) is 18.7. The van der Waals surface area contributed by atoms with Crippen LogP contribution in [0.3, 0.4) is 0 Å². The smallest absolute Gasteiger partial charge is 0.196 e. The Morgan fingerprint density at radius 1 is 1.07 bits per heavy atom. The van der Waals surface area contributed by atoms with Crippen molar-refractivity contribution in [2.45, 2.75) is 25.5 Å². The maximum absolute atomic E-state index is 6.46. The molecule has 0 saturated carbocycles. The Labute approximate surface area is 172 Å². The molecule has 0 atom stereocenters. The molecule has 0 fully saturated rings. The normalized spacial score (nSPS) is 11.1. The minimum atomic E-state index is 0.653. The van der Waals surface area contributed by atoms with E-state index in [1.807, 2.05) is 24.3 Å². The summed E-state index contributed by atoms with van der Waals surface area (Å²) in [7, 11) is 0. The molecule has 0 spiro atoms. The minimum absolute atomic E-state index is 0.653. The SMILES string of the molecule is Cc1ccc(C)c(-n2c(SCCn3cncn3)nnc2-c2ccccc2Cl)c1. The van der Waals surface area contributed by atoms with Gasteiger partial charge < -0.3 is 0 Å². The van der Waals surface area contributed by atoms with Crippen LogP contribution in [0.1, 0.15) is 11.1 Å². The lowest BCUT2D eigenvalue weighted by Gasteiger charge is -2.14. The third kappa shape index (κ3) is 3.81. The van der Waals surface area contributed by atoms with Gasteiger partial charge in [-0.15, -0.1) is 10.2 Å². The summed E-state index contributed by atoms with van der Waals surface area (Å²) in [5.74, 6) is 1.54. The second-order valence-electron chi connectivity index (χ2n) is 6.42. The number of thioether (sulfide) groups is 1. The average molecular weight is 411 g/mol. The number of rotatable bonds is 6. The molecule has 0 saturated heterocycles. The van der Waals surface area contributed by atoms with Gasteiger partial charge in [-0.2, -0.15) is 5.10 Å². The van der Waals surface area contributed by atoms with Crippen molar-refractivity contribution in [1.29, 1.82) is 0 Å². The fourth-order valence-electron chi connectivity index (χ4n) is 2.94. The number of aryl methyl sites for hydroxylation is 3. The van der Waals surface area contributed by atoms with Crippen molar-refractivity contribution in [1.82, 2.24) is 29.5 Å². The van der Waals surface area contributed by atoms with E-state index in [1.54, 1.807) is 29.1 Å². The first-order chi connectivity index (χ1) is 13.6. The van der Waals surface area contributed by atoms with Gasteiger partial charge in [0.1, 0.15) is 12.7 Å². The Morgan fingerprint density at radius 3 is 2.71 bits per heavy atom. The average Bonchev–Trinajstić information content (AvgIpc) is 3.34. The lowest BCUT2D eigenvalue weighted by atomic mass is 10.1. The third-order valence-corrected chi connectivity index (χ3v) is 5.61. The largest absolute Gasteiger partial charge is 0.270 e. The van der Waals surface area contributed by atoms with Crippen LogP contribution in [-0.4, -0.2) is 35.3 Å². The zero-order valence-corrected chi connectivity index (χ0v) is 17.2. The molecular weight excluding hydrogens is 392 g/mol. The van der Waals surface area contributed by atoms with Crippen LogP contribution in [-0.2, 0) is 6.54 Å². The molecule has 0 N–H and O–H groups in total. The Bertz CT molecular complexity index is 1090. The van der Waals surface area contributed by atoms with Gasteiger partial charge in [-0.05, 0) is 43.2 Å². The molecule has 0 bridgehead atoms. The van der Waals surface area contributed by atoms with Crippen molar-refractivity contribution in [2.75, 3.05) is 5.75 Å². The quantitative estimate of drug-likeness (QED) is 0.435. The number of hydrogen-bond donors (Lipinski definition) is 0. The van der Waals surface area contributed by atoms with Gasteiger partial charge >= 0.3 is 0 Å². The van der Waals surface area contributed by atoms with E-state index >= 15 is 0 Å². The molecule has 142 valence electrons. The molecule has 0 radical (unpaired) electrons. The van der Waals surface area contributed by atoms with E-state index in [4.69, 9.17) is 11.6 Å².